The van der Waals surface area contributed by atoms with E-state index in [1.165, 1.54) is 36.8 Å². The van der Waals surface area contributed by atoms with Gasteiger partial charge in [0, 0.05) is 17.3 Å². The van der Waals surface area contributed by atoms with Gasteiger partial charge in [-0.15, -0.1) is 0 Å². The molecule has 0 saturated carbocycles. The third-order valence-electron chi connectivity index (χ3n) is 4.75. The summed E-state index contributed by atoms with van der Waals surface area (Å²) in [6.07, 6.45) is 7.37. The van der Waals surface area contributed by atoms with Gasteiger partial charge in [0.15, 0.2) is 0 Å². The molecule has 0 radical (unpaired) electrons. The Kier molecular flexibility index (Phi) is 5.76. The molecule has 0 saturated heterocycles. The summed E-state index contributed by atoms with van der Waals surface area (Å²) < 4.78 is 0. The smallest absolute Gasteiger partial charge is 0.0404 e. The number of hydrogen-bond acceptors (Lipinski definition) is 1. The molecule has 1 aromatic rings. The van der Waals surface area contributed by atoms with E-state index in [1.807, 2.05) is 0 Å². The zero-order chi connectivity index (χ0) is 16.1. The van der Waals surface area contributed by atoms with E-state index in [2.05, 4.69) is 69.6 Å². The number of aryl methyl sites for hydroxylation is 1. The highest BCUT2D eigenvalue weighted by Gasteiger charge is 2.23. The second-order valence-corrected chi connectivity index (χ2v) is 6.54. The van der Waals surface area contributed by atoms with Gasteiger partial charge in [-0.1, -0.05) is 63.6 Å². The van der Waals surface area contributed by atoms with Crippen molar-refractivity contribution < 1.29 is 0 Å². The molecule has 1 nitrogen and oxygen atoms in total. The minimum atomic E-state index is 0.374. The summed E-state index contributed by atoms with van der Waals surface area (Å²) in [5, 5.41) is 0. The van der Waals surface area contributed by atoms with Crippen molar-refractivity contribution in [2.75, 3.05) is 0 Å². The number of aliphatic imine (C=N–C) groups is 1. The highest BCUT2D eigenvalue weighted by Crippen LogP contribution is 2.34. The monoisotopic (exact) mass is 295 g/mol. The maximum absolute atomic E-state index is 4.63. The summed E-state index contributed by atoms with van der Waals surface area (Å²) in [5.41, 5.74) is 6.15. The van der Waals surface area contributed by atoms with Gasteiger partial charge in [-0.2, -0.15) is 0 Å². The lowest BCUT2D eigenvalue weighted by Crippen LogP contribution is -2.13. The molecular formula is C21H29N. The van der Waals surface area contributed by atoms with Gasteiger partial charge >= 0.3 is 0 Å². The molecule has 0 aromatic heterocycles. The fourth-order valence-electron chi connectivity index (χ4n) is 3.19. The Morgan fingerprint density at radius 1 is 1.09 bits per heavy atom. The van der Waals surface area contributed by atoms with Gasteiger partial charge in [0.25, 0.3) is 0 Å². The Labute approximate surface area is 135 Å². The Hall–Kier alpha value is -1.63. The molecule has 0 amide bonds. The minimum absolute atomic E-state index is 0.374. The van der Waals surface area contributed by atoms with Gasteiger partial charge in [-0.25, -0.2) is 0 Å². The van der Waals surface area contributed by atoms with Crippen LogP contribution in [0.3, 0.4) is 0 Å². The predicted molar refractivity (Wildman–Crippen MR) is 97.6 cm³/mol. The molecule has 0 aliphatic carbocycles. The molecule has 2 rings (SSSR count). The van der Waals surface area contributed by atoms with E-state index in [0.29, 0.717) is 11.8 Å². The number of allylic oxidation sites excluding steroid dienone is 3. The molecule has 0 spiro atoms. The van der Waals surface area contributed by atoms with Crippen LogP contribution in [0.5, 0.6) is 0 Å². The number of unbranched alkanes of at least 4 members (excludes halogenated alkanes) is 2. The van der Waals surface area contributed by atoms with E-state index >= 15 is 0 Å². The highest BCUT2D eigenvalue weighted by molar-refractivity contribution is 5.99. The second kappa shape index (κ2) is 7.58. The second-order valence-electron chi connectivity index (χ2n) is 6.54. The van der Waals surface area contributed by atoms with Gasteiger partial charge in [-0.3, -0.25) is 4.99 Å². The number of rotatable bonds is 5. The van der Waals surface area contributed by atoms with Gasteiger partial charge in [-0.05, 0) is 49.3 Å². The fraction of sp³-hybridized carbons (Fsp3) is 0.476. The maximum Gasteiger partial charge on any atom is 0.0404 e. The maximum atomic E-state index is 4.63. The van der Waals surface area contributed by atoms with E-state index in [4.69, 9.17) is 0 Å². The summed E-state index contributed by atoms with van der Waals surface area (Å²) >= 11 is 0. The van der Waals surface area contributed by atoms with E-state index < -0.39 is 0 Å². The van der Waals surface area contributed by atoms with Crippen LogP contribution in [0.2, 0.25) is 0 Å². The average Bonchev–Trinajstić information content (AvgIpc) is 2.60. The number of nitrogens with zero attached hydrogens (tertiary/aromatic N) is 1. The molecule has 0 bridgehead atoms. The van der Waals surface area contributed by atoms with E-state index in [-0.39, 0.29) is 0 Å². The van der Waals surface area contributed by atoms with Crippen LogP contribution in [0, 0.1) is 5.92 Å². The molecule has 22 heavy (non-hydrogen) atoms. The van der Waals surface area contributed by atoms with Crippen molar-refractivity contribution >= 4 is 5.71 Å². The van der Waals surface area contributed by atoms with Crippen molar-refractivity contribution in [2.45, 2.75) is 59.3 Å². The van der Waals surface area contributed by atoms with E-state index in [0.717, 1.165) is 17.0 Å². The topological polar surface area (TPSA) is 12.4 Å². The zero-order valence-electron chi connectivity index (χ0n) is 14.5. The lowest BCUT2D eigenvalue weighted by molar-refractivity contribution is 0.626. The Balaban J connectivity index is 2.17. The molecule has 0 fully saturated rings. The molecule has 118 valence electrons. The standard InChI is InChI=1S/C21H29N/c1-6-7-8-9-19-10-12-20(13-11-19)21-14-15(2)22-18(5)16(3)17(21)4/h10-14,17,21H,3,6-9H2,1-2,4-5H3. The molecule has 1 aliphatic rings. The molecule has 1 aliphatic heterocycles. The van der Waals surface area contributed by atoms with Crippen LogP contribution < -0.4 is 0 Å². The predicted octanol–water partition coefficient (Wildman–Crippen LogP) is 6.07. The lowest BCUT2D eigenvalue weighted by Gasteiger charge is -2.22. The van der Waals surface area contributed by atoms with Gasteiger partial charge in [0.2, 0.25) is 0 Å². The molecule has 0 N–H and O–H groups in total. The summed E-state index contributed by atoms with van der Waals surface area (Å²) in [4.78, 5) is 4.63. The van der Waals surface area contributed by atoms with E-state index in [9.17, 15) is 0 Å². The van der Waals surface area contributed by atoms with Gasteiger partial charge in [0.05, 0.1) is 0 Å². The molecular weight excluding hydrogens is 266 g/mol. The first kappa shape index (κ1) is 16.7. The van der Waals surface area contributed by atoms with Crippen molar-refractivity contribution in [3.05, 3.63) is 59.3 Å². The minimum Gasteiger partial charge on any atom is -0.259 e. The first-order chi connectivity index (χ1) is 10.5. The first-order valence-electron chi connectivity index (χ1n) is 8.54. The third kappa shape index (κ3) is 3.97. The third-order valence-corrected chi connectivity index (χ3v) is 4.75. The largest absolute Gasteiger partial charge is 0.259 e. The van der Waals surface area contributed by atoms with Crippen LogP contribution in [-0.4, -0.2) is 5.71 Å². The average molecular weight is 295 g/mol. The number of hydrogen-bond donors (Lipinski definition) is 0. The first-order valence-corrected chi connectivity index (χ1v) is 8.54. The summed E-state index contributed by atoms with van der Waals surface area (Å²) in [6, 6.07) is 9.17. The normalized spacial score (nSPS) is 22.1. The Morgan fingerprint density at radius 2 is 1.77 bits per heavy atom. The lowest BCUT2D eigenvalue weighted by atomic mass is 9.81. The zero-order valence-corrected chi connectivity index (χ0v) is 14.5. The van der Waals surface area contributed by atoms with Crippen LogP contribution in [0.4, 0.5) is 0 Å². The molecule has 2 atom stereocenters. The quantitative estimate of drug-likeness (QED) is 0.584. The van der Waals surface area contributed by atoms with Crippen LogP contribution in [0.15, 0.2) is 53.2 Å². The van der Waals surface area contributed by atoms with Crippen molar-refractivity contribution in [3.63, 3.8) is 0 Å². The van der Waals surface area contributed by atoms with Crippen LogP contribution in [0.1, 0.15) is 64.0 Å². The van der Waals surface area contributed by atoms with Crippen LogP contribution in [-0.2, 0) is 6.42 Å². The highest BCUT2D eigenvalue weighted by atomic mass is 14.8. The Morgan fingerprint density at radius 3 is 2.41 bits per heavy atom. The summed E-state index contributed by atoms with van der Waals surface area (Å²) in [6.45, 7) is 12.9. The van der Waals surface area contributed by atoms with E-state index in [1.54, 1.807) is 0 Å². The number of benzene rings is 1. The molecule has 1 heterocycles. The van der Waals surface area contributed by atoms with Crippen molar-refractivity contribution in [2.24, 2.45) is 10.9 Å². The van der Waals surface area contributed by atoms with Gasteiger partial charge in [0.1, 0.15) is 0 Å². The fourth-order valence-corrected chi connectivity index (χ4v) is 3.19. The van der Waals surface area contributed by atoms with Gasteiger partial charge < -0.3 is 0 Å². The SMILES string of the molecule is C=C1C(C)=NC(C)=CC(c2ccc(CCCCC)cc2)C1C. The molecule has 2 unspecified atom stereocenters. The summed E-state index contributed by atoms with van der Waals surface area (Å²) in [5.74, 6) is 0.769. The van der Waals surface area contributed by atoms with Crippen LogP contribution >= 0.6 is 0 Å². The van der Waals surface area contributed by atoms with Crippen molar-refractivity contribution in [1.29, 1.82) is 0 Å². The van der Waals surface area contributed by atoms with Crippen molar-refractivity contribution in [1.82, 2.24) is 0 Å². The van der Waals surface area contributed by atoms with Crippen molar-refractivity contribution in [3.8, 4) is 0 Å². The molecule has 1 heteroatoms. The molecule has 1 aromatic carbocycles. The van der Waals surface area contributed by atoms with Crippen LogP contribution in [0.25, 0.3) is 0 Å². The Bertz CT molecular complexity index is 574. The summed E-state index contributed by atoms with van der Waals surface area (Å²) in [7, 11) is 0.